The van der Waals surface area contributed by atoms with Gasteiger partial charge in [-0.2, -0.15) is 0 Å². The van der Waals surface area contributed by atoms with Gasteiger partial charge in [0.1, 0.15) is 0 Å². The van der Waals surface area contributed by atoms with Gasteiger partial charge in [-0.25, -0.2) is 4.79 Å². The third-order valence-electron chi connectivity index (χ3n) is 5.40. The highest BCUT2D eigenvalue weighted by Crippen LogP contribution is 2.30. The number of carboxylic acids is 1. The van der Waals surface area contributed by atoms with Crippen LogP contribution in [0.3, 0.4) is 0 Å². The predicted molar refractivity (Wildman–Crippen MR) is 95.7 cm³/mol. The summed E-state index contributed by atoms with van der Waals surface area (Å²) in [6.07, 6.45) is 15.2. The van der Waals surface area contributed by atoms with Gasteiger partial charge in [-0.15, -0.1) is 0 Å². The van der Waals surface area contributed by atoms with Crippen molar-refractivity contribution in [2.24, 2.45) is 5.92 Å². The van der Waals surface area contributed by atoms with Gasteiger partial charge in [0.25, 0.3) is 0 Å². The number of hydrogen-bond donors (Lipinski definition) is 1. The summed E-state index contributed by atoms with van der Waals surface area (Å²) in [4.78, 5) is 24.6. The van der Waals surface area contributed by atoms with Gasteiger partial charge in [0.15, 0.2) is 6.29 Å². The molecule has 24 heavy (non-hydrogen) atoms. The Kier molecular flexibility index (Phi) is 7.54. The van der Waals surface area contributed by atoms with Crippen molar-refractivity contribution in [3.63, 3.8) is 0 Å². The zero-order valence-corrected chi connectivity index (χ0v) is 14.9. The standard InChI is InChI=1S/C20H31NO3/c1-21(14-16-9-5-4-6-10-16)19-12-8-3-2-7-11-17(19)13-18(15-22)20(23)24/h13,15-16H,2-12,14H2,1H3,(H,23,24)/b18-13+,19-17-. The maximum Gasteiger partial charge on any atom is 0.339 e. The third-order valence-corrected chi connectivity index (χ3v) is 5.40. The molecule has 0 atom stereocenters. The first-order chi connectivity index (χ1) is 11.6. The summed E-state index contributed by atoms with van der Waals surface area (Å²) in [5.74, 6) is -0.384. The minimum Gasteiger partial charge on any atom is -0.478 e. The zero-order valence-electron chi connectivity index (χ0n) is 14.9. The van der Waals surface area contributed by atoms with Crippen molar-refractivity contribution in [1.82, 2.24) is 4.90 Å². The number of rotatable bonds is 6. The van der Waals surface area contributed by atoms with Gasteiger partial charge in [0, 0.05) is 19.3 Å². The van der Waals surface area contributed by atoms with E-state index in [2.05, 4.69) is 11.9 Å². The molecule has 1 N–H and O–H groups in total. The first-order valence-corrected chi connectivity index (χ1v) is 9.45. The van der Waals surface area contributed by atoms with Gasteiger partial charge in [0.05, 0.1) is 5.57 Å². The Bertz CT molecular complexity index is 501. The Morgan fingerprint density at radius 1 is 1.08 bits per heavy atom. The molecule has 0 bridgehead atoms. The van der Waals surface area contributed by atoms with Crippen LogP contribution in [0.1, 0.15) is 70.6 Å². The minimum atomic E-state index is -1.13. The molecule has 2 aliphatic rings. The molecule has 0 aromatic rings. The number of allylic oxidation sites excluding steroid dienone is 3. The monoisotopic (exact) mass is 333 g/mol. The first-order valence-electron chi connectivity index (χ1n) is 9.45. The van der Waals surface area contributed by atoms with E-state index >= 15 is 0 Å². The van der Waals surface area contributed by atoms with Crippen molar-refractivity contribution in [3.05, 3.63) is 22.9 Å². The van der Waals surface area contributed by atoms with Crippen molar-refractivity contribution >= 4 is 12.3 Å². The van der Waals surface area contributed by atoms with Gasteiger partial charge in [-0.3, -0.25) is 4.79 Å². The zero-order chi connectivity index (χ0) is 17.4. The molecule has 0 aliphatic heterocycles. The quantitative estimate of drug-likeness (QED) is 0.340. The molecular formula is C20H31NO3. The van der Waals surface area contributed by atoms with Crippen molar-refractivity contribution in [3.8, 4) is 0 Å². The molecular weight excluding hydrogens is 302 g/mol. The topological polar surface area (TPSA) is 57.6 Å². The van der Waals surface area contributed by atoms with E-state index in [0.29, 0.717) is 6.29 Å². The lowest BCUT2D eigenvalue weighted by Gasteiger charge is -2.32. The smallest absolute Gasteiger partial charge is 0.339 e. The van der Waals surface area contributed by atoms with E-state index in [9.17, 15) is 14.7 Å². The number of nitrogens with zero attached hydrogens (tertiary/aromatic N) is 1. The second-order valence-electron chi connectivity index (χ2n) is 7.29. The summed E-state index contributed by atoms with van der Waals surface area (Å²) >= 11 is 0. The van der Waals surface area contributed by atoms with E-state index in [1.165, 1.54) is 50.6 Å². The van der Waals surface area contributed by atoms with E-state index in [0.717, 1.165) is 43.7 Å². The molecule has 4 nitrogen and oxygen atoms in total. The summed E-state index contributed by atoms with van der Waals surface area (Å²) < 4.78 is 0. The average molecular weight is 333 g/mol. The lowest BCUT2D eigenvalue weighted by molar-refractivity contribution is -0.133. The summed E-state index contributed by atoms with van der Waals surface area (Å²) in [5, 5.41) is 9.18. The minimum absolute atomic E-state index is 0.130. The maximum absolute atomic E-state index is 11.2. The fourth-order valence-corrected chi connectivity index (χ4v) is 4.06. The van der Waals surface area contributed by atoms with Crippen molar-refractivity contribution in [2.45, 2.75) is 70.6 Å². The largest absolute Gasteiger partial charge is 0.478 e. The van der Waals surface area contributed by atoms with Crippen LogP contribution in [0.25, 0.3) is 0 Å². The number of aliphatic carboxylic acids is 1. The number of hydrogen-bond acceptors (Lipinski definition) is 3. The SMILES string of the molecule is CN(CC1CCCCC1)/C1=C(\C=C(/C=O)C(=O)O)CCCCCC1. The number of carbonyl (C=O) groups is 2. The predicted octanol–water partition coefficient (Wildman–Crippen LogP) is 4.32. The molecule has 0 radical (unpaired) electrons. The summed E-state index contributed by atoms with van der Waals surface area (Å²) in [6, 6.07) is 0. The van der Waals surface area contributed by atoms with Crippen molar-refractivity contribution < 1.29 is 14.7 Å². The molecule has 0 spiro atoms. The number of carbonyl (C=O) groups excluding carboxylic acids is 1. The van der Waals surface area contributed by atoms with Crippen LogP contribution in [0.15, 0.2) is 22.9 Å². The van der Waals surface area contributed by atoms with E-state index in [1.54, 1.807) is 6.08 Å². The van der Waals surface area contributed by atoms with E-state index < -0.39 is 5.97 Å². The highest BCUT2D eigenvalue weighted by Gasteiger charge is 2.19. The molecule has 134 valence electrons. The van der Waals surface area contributed by atoms with Crippen LogP contribution in [0.5, 0.6) is 0 Å². The van der Waals surface area contributed by atoms with Crippen LogP contribution < -0.4 is 0 Å². The molecule has 2 aliphatic carbocycles. The Balaban J connectivity index is 2.23. The van der Waals surface area contributed by atoms with Crippen LogP contribution in [0, 0.1) is 5.92 Å². The molecule has 0 amide bonds. The van der Waals surface area contributed by atoms with Crippen LogP contribution >= 0.6 is 0 Å². The fourth-order valence-electron chi connectivity index (χ4n) is 4.06. The lowest BCUT2D eigenvalue weighted by atomic mass is 9.88. The number of carboxylic acid groups (broad SMARTS) is 1. The molecule has 0 aromatic carbocycles. The molecule has 0 unspecified atom stereocenters. The Morgan fingerprint density at radius 3 is 2.33 bits per heavy atom. The number of aldehydes is 1. The van der Waals surface area contributed by atoms with Crippen molar-refractivity contribution in [2.75, 3.05) is 13.6 Å². The van der Waals surface area contributed by atoms with Crippen LogP contribution in [-0.4, -0.2) is 35.9 Å². The van der Waals surface area contributed by atoms with Gasteiger partial charge >= 0.3 is 5.97 Å². The summed E-state index contributed by atoms with van der Waals surface area (Å²) in [5.41, 5.74) is 2.17. The first kappa shape index (κ1) is 18.8. The van der Waals surface area contributed by atoms with Gasteiger partial charge in [-0.05, 0) is 56.1 Å². The van der Waals surface area contributed by atoms with E-state index in [4.69, 9.17) is 0 Å². The van der Waals surface area contributed by atoms with E-state index in [-0.39, 0.29) is 5.57 Å². The molecule has 1 fully saturated rings. The Morgan fingerprint density at radius 2 is 1.71 bits per heavy atom. The summed E-state index contributed by atoms with van der Waals surface area (Å²) in [7, 11) is 2.14. The van der Waals surface area contributed by atoms with Crippen LogP contribution in [-0.2, 0) is 9.59 Å². The second-order valence-corrected chi connectivity index (χ2v) is 7.29. The third kappa shape index (κ3) is 5.50. The Labute approximate surface area is 145 Å². The van der Waals surface area contributed by atoms with Crippen LogP contribution in [0.4, 0.5) is 0 Å². The fraction of sp³-hybridized carbons (Fsp3) is 0.700. The second kappa shape index (κ2) is 9.65. The molecule has 0 aromatic heterocycles. The highest BCUT2D eigenvalue weighted by molar-refractivity contribution is 6.07. The lowest BCUT2D eigenvalue weighted by Crippen LogP contribution is -2.28. The molecule has 0 saturated heterocycles. The van der Waals surface area contributed by atoms with Crippen LogP contribution in [0.2, 0.25) is 0 Å². The molecule has 1 saturated carbocycles. The van der Waals surface area contributed by atoms with Crippen molar-refractivity contribution in [1.29, 1.82) is 0 Å². The normalized spacial score (nSPS) is 24.1. The van der Waals surface area contributed by atoms with Gasteiger partial charge in [-0.1, -0.05) is 32.1 Å². The maximum atomic E-state index is 11.2. The highest BCUT2D eigenvalue weighted by atomic mass is 16.4. The Hall–Kier alpha value is -1.58. The summed E-state index contributed by atoms with van der Waals surface area (Å²) in [6.45, 7) is 1.05. The molecule has 2 rings (SSSR count). The molecule has 0 heterocycles. The average Bonchev–Trinajstić information content (AvgIpc) is 2.54. The van der Waals surface area contributed by atoms with Gasteiger partial charge < -0.3 is 10.0 Å². The van der Waals surface area contributed by atoms with E-state index in [1.807, 2.05) is 0 Å². The van der Waals surface area contributed by atoms with Gasteiger partial charge in [0.2, 0.25) is 0 Å². The molecule has 4 heteroatoms.